The van der Waals surface area contributed by atoms with Gasteiger partial charge < -0.3 is 14.6 Å². The summed E-state index contributed by atoms with van der Waals surface area (Å²) in [5.41, 5.74) is 1.22. The molecule has 1 atom stereocenters. The van der Waals surface area contributed by atoms with Crippen LogP contribution in [0.4, 0.5) is 0 Å². The number of amides is 1. The van der Waals surface area contributed by atoms with E-state index in [1.54, 1.807) is 6.20 Å². The van der Waals surface area contributed by atoms with Crippen LogP contribution in [0, 0.1) is 0 Å². The number of rotatable bonds is 12. The van der Waals surface area contributed by atoms with Gasteiger partial charge in [-0.2, -0.15) is 0 Å². The highest BCUT2D eigenvalue weighted by Crippen LogP contribution is 2.23. The van der Waals surface area contributed by atoms with Crippen molar-refractivity contribution in [1.29, 1.82) is 0 Å². The first-order valence-electron chi connectivity index (χ1n) is 10.1. The van der Waals surface area contributed by atoms with Gasteiger partial charge in [-0.05, 0) is 38.2 Å². The van der Waals surface area contributed by atoms with E-state index in [2.05, 4.69) is 29.4 Å². The van der Waals surface area contributed by atoms with Gasteiger partial charge in [0, 0.05) is 38.8 Å². The highest BCUT2D eigenvalue weighted by molar-refractivity contribution is 5.72. The summed E-state index contributed by atoms with van der Waals surface area (Å²) in [7, 11) is 0. The maximum atomic E-state index is 12.4. The largest absolute Gasteiger partial charge is 0.454 e. The van der Waals surface area contributed by atoms with Gasteiger partial charge >= 0.3 is 5.97 Å². The Morgan fingerprint density at radius 1 is 1.18 bits per heavy atom. The Morgan fingerprint density at radius 2 is 1.96 bits per heavy atom. The number of imidazole rings is 1. The van der Waals surface area contributed by atoms with Crippen LogP contribution in [-0.2, 0) is 27.3 Å². The number of carbonyl (C=O) groups excluding carboxylic acids is 2. The molecule has 0 saturated carbocycles. The molecule has 0 aliphatic carbocycles. The first-order chi connectivity index (χ1) is 13.6. The van der Waals surface area contributed by atoms with Gasteiger partial charge in [0.25, 0.3) is 0 Å². The average Bonchev–Trinajstić information content (AvgIpc) is 3.17. The maximum absolute atomic E-state index is 12.4. The standard InChI is InChI=1S/C22H31N3O3/c1-3-25-17-16-24-22(25)20(14-13-19-10-6-4-7-11-19)28-21(27)12-8-5-9-15-23-18(2)26/h4,6-7,10-11,16-17,20H,3,5,8-9,12-15H2,1-2H3,(H,23,26)/t20-/m0/s1. The predicted molar refractivity (Wildman–Crippen MR) is 109 cm³/mol. The normalized spacial score (nSPS) is 11.8. The average molecular weight is 386 g/mol. The predicted octanol–water partition coefficient (Wildman–Crippen LogP) is 3.82. The number of benzene rings is 1. The topological polar surface area (TPSA) is 73.2 Å². The molecule has 0 fully saturated rings. The van der Waals surface area contributed by atoms with E-state index in [1.165, 1.54) is 12.5 Å². The zero-order valence-corrected chi connectivity index (χ0v) is 16.9. The van der Waals surface area contributed by atoms with E-state index in [-0.39, 0.29) is 18.0 Å². The number of nitrogens with zero attached hydrogens (tertiary/aromatic N) is 2. The Morgan fingerprint density at radius 3 is 2.68 bits per heavy atom. The summed E-state index contributed by atoms with van der Waals surface area (Å²) in [4.78, 5) is 27.6. The Kier molecular flexibility index (Phi) is 9.25. The van der Waals surface area contributed by atoms with Gasteiger partial charge in [0.1, 0.15) is 5.82 Å². The number of aromatic nitrogens is 2. The van der Waals surface area contributed by atoms with E-state index in [1.807, 2.05) is 29.0 Å². The van der Waals surface area contributed by atoms with E-state index in [4.69, 9.17) is 4.74 Å². The minimum Gasteiger partial charge on any atom is -0.454 e. The first kappa shape index (κ1) is 21.7. The van der Waals surface area contributed by atoms with Crippen molar-refractivity contribution in [2.75, 3.05) is 6.54 Å². The Labute approximate surface area is 167 Å². The lowest BCUT2D eigenvalue weighted by molar-refractivity contribution is -0.150. The fourth-order valence-electron chi connectivity index (χ4n) is 3.11. The molecule has 152 valence electrons. The van der Waals surface area contributed by atoms with Gasteiger partial charge in [-0.25, -0.2) is 4.98 Å². The summed E-state index contributed by atoms with van der Waals surface area (Å²) < 4.78 is 7.84. The Bertz CT molecular complexity index is 728. The zero-order chi connectivity index (χ0) is 20.2. The lowest BCUT2D eigenvalue weighted by Crippen LogP contribution is -2.20. The van der Waals surface area contributed by atoms with E-state index in [0.29, 0.717) is 19.4 Å². The van der Waals surface area contributed by atoms with E-state index < -0.39 is 0 Å². The van der Waals surface area contributed by atoms with Crippen LogP contribution in [0.25, 0.3) is 0 Å². The lowest BCUT2D eigenvalue weighted by Gasteiger charge is -2.19. The van der Waals surface area contributed by atoms with Crippen molar-refractivity contribution >= 4 is 11.9 Å². The molecule has 1 aromatic heterocycles. The zero-order valence-electron chi connectivity index (χ0n) is 16.9. The van der Waals surface area contributed by atoms with E-state index in [0.717, 1.165) is 38.1 Å². The summed E-state index contributed by atoms with van der Waals surface area (Å²) >= 11 is 0. The first-order valence-corrected chi connectivity index (χ1v) is 10.1. The van der Waals surface area contributed by atoms with Gasteiger partial charge in [0.15, 0.2) is 6.10 Å². The third kappa shape index (κ3) is 7.55. The second kappa shape index (κ2) is 12.0. The van der Waals surface area contributed by atoms with Crippen molar-refractivity contribution in [2.24, 2.45) is 0 Å². The molecule has 0 unspecified atom stereocenters. The SMILES string of the molecule is CCn1ccnc1[C@H](CCc1ccccc1)OC(=O)CCCCCNC(C)=O. The molecule has 1 N–H and O–H groups in total. The number of esters is 1. The minimum absolute atomic E-state index is 0.0212. The van der Waals surface area contributed by atoms with Crippen molar-refractivity contribution in [2.45, 2.75) is 65.0 Å². The van der Waals surface area contributed by atoms with E-state index >= 15 is 0 Å². The molecule has 28 heavy (non-hydrogen) atoms. The molecule has 6 nitrogen and oxygen atoms in total. The van der Waals surface area contributed by atoms with Gasteiger partial charge in [-0.3, -0.25) is 9.59 Å². The molecule has 1 heterocycles. The van der Waals surface area contributed by atoms with Crippen LogP contribution in [0.1, 0.15) is 63.4 Å². The van der Waals surface area contributed by atoms with Crippen molar-refractivity contribution in [3.63, 3.8) is 0 Å². The van der Waals surface area contributed by atoms with Crippen LogP contribution in [0.5, 0.6) is 0 Å². The molecule has 0 aliphatic heterocycles. The molecule has 6 heteroatoms. The van der Waals surface area contributed by atoms with Crippen molar-refractivity contribution < 1.29 is 14.3 Å². The summed E-state index contributed by atoms with van der Waals surface area (Å²) in [6.07, 6.45) is 7.74. The van der Waals surface area contributed by atoms with Crippen molar-refractivity contribution in [3.8, 4) is 0 Å². The molecule has 1 aromatic carbocycles. The van der Waals surface area contributed by atoms with Crippen LogP contribution in [0.3, 0.4) is 0 Å². The summed E-state index contributed by atoms with van der Waals surface area (Å²) in [5.74, 6) is 0.591. The number of ether oxygens (including phenoxy) is 1. The second-order valence-corrected chi connectivity index (χ2v) is 6.87. The molecule has 0 aliphatic rings. The van der Waals surface area contributed by atoms with Crippen LogP contribution < -0.4 is 5.32 Å². The lowest BCUT2D eigenvalue weighted by atomic mass is 10.1. The molecule has 2 aromatic rings. The number of aryl methyl sites for hydroxylation is 2. The summed E-state index contributed by atoms with van der Waals surface area (Å²) in [6.45, 7) is 5.00. The maximum Gasteiger partial charge on any atom is 0.306 e. The van der Waals surface area contributed by atoms with Crippen molar-refractivity contribution in [3.05, 3.63) is 54.1 Å². The molecular weight excluding hydrogens is 354 g/mol. The van der Waals surface area contributed by atoms with Crippen LogP contribution in [0.15, 0.2) is 42.7 Å². The number of nitrogens with one attached hydrogen (secondary N) is 1. The molecular formula is C22H31N3O3. The van der Waals surface area contributed by atoms with Crippen LogP contribution >= 0.6 is 0 Å². The quantitative estimate of drug-likeness (QED) is 0.445. The number of carbonyl (C=O) groups is 2. The van der Waals surface area contributed by atoms with Gasteiger partial charge in [-0.1, -0.05) is 36.8 Å². The number of hydrogen-bond donors (Lipinski definition) is 1. The Balaban J connectivity index is 1.86. The molecule has 0 bridgehead atoms. The molecule has 0 radical (unpaired) electrons. The summed E-state index contributed by atoms with van der Waals surface area (Å²) in [6, 6.07) is 10.2. The molecule has 0 spiro atoms. The Hall–Kier alpha value is -2.63. The smallest absolute Gasteiger partial charge is 0.306 e. The molecule has 1 amide bonds. The fraction of sp³-hybridized carbons (Fsp3) is 0.500. The monoisotopic (exact) mass is 385 g/mol. The van der Waals surface area contributed by atoms with E-state index in [9.17, 15) is 9.59 Å². The van der Waals surface area contributed by atoms with Crippen LogP contribution in [-0.4, -0.2) is 28.0 Å². The van der Waals surface area contributed by atoms with Gasteiger partial charge in [0.2, 0.25) is 5.91 Å². The highest BCUT2D eigenvalue weighted by Gasteiger charge is 2.21. The minimum atomic E-state index is -0.345. The van der Waals surface area contributed by atoms with Crippen LogP contribution in [0.2, 0.25) is 0 Å². The fourth-order valence-corrected chi connectivity index (χ4v) is 3.11. The van der Waals surface area contributed by atoms with Gasteiger partial charge in [-0.15, -0.1) is 0 Å². The second-order valence-electron chi connectivity index (χ2n) is 6.87. The third-order valence-corrected chi connectivity index (χ3v) is 4.62. The van der Waals surface area contributed by atoms with Gasteiger partial charge in [0.05, 0.1) is 0 Å². The summed E-state index contributed by atoms with van der Waals surface area (Å²) in [5, 5.41) is 2.76. The van der Waals surface area contributed by atoms with Crippen molar-refractivity contribution in [1.82, 2.24) is 14.9 Å². The molecule has 0 saturated heterocycles. The third-order valence-electron chi connectivity index (χ3n) is 4.62. The number of hydrogen-bond acceptors (Lipinski definition) is 4. The highest BCUT2D eigenvalue weighted by atomic mass is 16.5. The number of unbranched alkanes of at least 4 members (excludes halogenated alkanes) is 2. The molecule has 2 rings (SSSR count).